The summed E-state index contributed by atoms with van der Waals surface area (Å²) in [5.74, 6) is -0.337. The fourth-order valence-corrected chi connectivity index (χ4v) is 5.97. The number of halogens is 1. The fourth-order valence-electron chi connectivity index (χ4n) is 3.59. The van der Waals surface area contributed by atoms with Gasteiger partial charge in [-0.15, -0.1) is 0 Å². The number of rotatable bonds is 8. The van der Waals surface area contributed by atoms with E-state index >= 15 is 0 Å². The van der Waals surface area contributed by atoms with Gasteiger partial charge in [0.25, 0.3) is 0 Å². The Morgan fingerprint density at radius 2 is 1.85 bits per heavy atom. The van der Waals surface area contributed by atoms with Crippen molar-refractivity contribution < 1.29 is 13.2 Å². The molecule has 0 spiro atoms. The Morgan fingerprint density at radius 1 is 1.09 bits per heavy atom. The lowest BCUT2D eigenvalue weighted by Gasteiger charge is -2.20. The van der Waals surface area contributed by atoms with Crippen LogP contribution in [0.4, 0.5) is 5.13 Å². The van der Waals surface area contributed by atoms with Gasteiger partial charge in [-0.05, 0) is 53.4 Å². The topological polar surface area (TPSA) is 80.2 Å². The molecule has 0 aliphatic heterocycles. The predicted octanol–water partition coefficient (Wildman–Crippen LogP) is 5.87. The van der Waals surface area contributed by atoms with E-state index in [4.69, 9.17) is 16.6 Å². The van der Waals surface area contributed by atoms with Gasteiger partial charge >= 0.3 is 0 Å². The number of thiazole rings is 1. The summed E-state index contributed by atoms with van der Waals surface area (Å²) in [5, 5.41) is 0.995. The lowest BCUT2D eigenvalue weighted by atomic mass is 10.0. The molecule has 9 heteroatoms. The number of aromatic nitrogens is 2. The highest BCUT2D eigenvalue weighted by Gasteiger charge is 2.24. The summed E-state index contributed by atoms with van der Waals surface area (Å²) in [7, 11) is -3.64. The van der Waals surface area contributed by atoms with Crippen molar-refractivity contribution in [1.82, 2.24) is 9.97 Å². The minimum Gasteiger partial charge on any atom is -0.284 e. The fraction of sp³-hybridized carbons (Fsp3) is 0.240. The standard InChI is InChI=1S/C25H24ClN3O3S2/c1-17(2)21-6-3-7-22-24(21)28-25(33-22)29(16-18-5-4-13-27-15-18)23(30)12-14-34(31,32)20-10-8-19(26)9-11-20/h3-11,13,15,17H,12,14,16H2,1-2H3. The third-order valence-electron chi connectivity index (χ3n) is 5.41. The van der Waals surface area contributed by atoms with Gasteiger partial charge in [-0.3, -0.25) is 14.7 Å². The first-order chi connectivity index (χ1) is 16.2. The highest BCUT2D eigenvalue weighted by atomic mass is 35.5. The second kappa shape index (κ2) is 10.2. The number of para-hydroxylation sites is 1. The van der Waals surface area contributed by atoms with Gasteiger partial charge in [0.2, 0.25) is 5.91 Å². The van der Waals surface area contributed by atoms with E-state index in [9.17, 15) is 13.2 Å². The maximum atomic E-state index is 13.4. The summed E-state index contributed by atoms with van der Waals surface area (Å²) in [4.78, 5) is 24.0. The van der Waals surface area contributed by atoms with Gasteiger partial charge in [0, 0.05) is 23.8 Å². The number of fused-ring (bicyclic) bond motifs is 1. The molecule has 4 rings (SSSR count). The van der Waals surface area contributed by atoms with Crippen LogP contribution in [0.25, 0.3) is 10.2 Å². The molecule has 176 valence electrons. The Balaban J connectivity index is 1.63. The Kier molecular flexibility index (Phi) is 7.30. The van der Waals surface area contributed by atoms with E-state index in [2.05, 4.69) is 18.8 Å². The molecule has 4 aromatic rings. The molecule has 0 bridgehead atoms. The van der Waals surface area contributed by atoms with Crippen molar-refractivity contribution in [3.63, 3.8) is 0 Å². The van der Waals surface area contributed by atoms with Crippen molar-refractivity contribution in [3.8, 4) is 0 Å². The number of amides is 1. The van der Waals surface area contributed by atoms with Crippen LogP contribution in [0.1, 0.15) is 37.3 Å². The van der Waals surface area contributed by atoms with E-state index in [0.717, 1.165) is 21.3 Å². The maximum absolute atomic E-state index is 13.4. The molecule has 0 aliphatic carbocycles. The summed E-state index contributed by atoms with van der Waals surface area (Å²) in [6, 6.07) is 15.7. The molecule has 0 radical (unpaired) electrons. The molecule has 2 aromatic carbocycles. The third kappa shape index (κ3) is 5.46. The summed E-state index contributed by atoms with van der Waals surface area (Å²) in [6.45, 7) is 4.46. The van der Waals surface area contributed by atoms with Crippen LogP contribution in [0.15, 0.2) is 71.9 Å². The number of sulfone groups is 1. The number of carbonyl (C=O) groups excluding carboxylic acids is 1. The lowest BCUT2D eigenvalue weighted by Crippen LogP contribution is -2.31. The monoisotopic (exact) mass is 513 g/mol. The molecule has 2 heterocycles. The van der Waals surface area contributed by atoms with E-state index in [1.165, 1.54) is 35.6 Å². The molecule has 0 aliphatic rings. The van der Waals surface area contributed by atoms with Gasteiger partial charge in [0.15, 0.2) is 15.0 Å². The molecule has 1 amide bonds. The van der Waals surface area contributed by atoms with Gasteiger partial charge in [0.1, 0.15) is 0 Å². The number of hydrogen-bond acceptors (Lipinski definition) is 6. The highest BCUT2D eigenvalue weighted by molar-refractivity contribution is 7.91. The zero-order chi connectivity index (χ0) is 24.3. The summed E-state index contributed by atoms with van der Waals surface area (Å²) in [6.07, 6.45) is 3.19. The maximum Gasteiger partial charge on any atom is 0.230 e. The number of nitrogens with zero attached hydrogens (tertiary/aromatic N) is 3. The van der Waals surface area contributed by atoms with E-state index in [0.29, 0.717) is 10.2 Å². The molecule has 0 saturated carbocycles. The van der Waals surface area contributed by atoms with Gasteiger partial charge in [-0.1, -0.05) is 55.0 Å². The molecule has 0 fully saturated rings. The first-order valence-corrected chi connectivity index (χ1v) is 13.7. The van der Waals surface area contributed by atoms with Crippen molar-refractivity contribution in [2.45, 2.75) is 37.6 Å². The average Bonchev–Trinajstić information content (AvgIpc) is 3.26. The number of hydrogen-bond donors (Lipinski definition) is 0. The van der Waals surface area contributed by atoms with Crippen LogP contribution in [0.5, 0.6) is 0 Å². The van der Waals surface area contributed by atoms with Crippen molar-refractivity contribution in [3.05, 3.63) is 83.1 Å². The average molecular weight is 514 g/mol. The Bertz CT molecular complexity index is 1400. The molecule has 0 unspecified atom stereocenters. The predicted molar refractivity (Wildman–Crippen MR) is 137 cm³/mol. The van der Waals surface area contributed by atoms with Crippen LogP contribution in [0, 0.1) is 0 Å². The number of benzene rings is 2. The van der Waals surface area contributed by atoms with Crippen molar-refractivity contribution >= 4 is 54.0 Å². The van der Waals surface area contributed by atoms with Crippen LogP contribution in [0.2, 0.25) is 5.02 Å². The van der Waals surface area contributed by atoms with Crippen LogP contribution in [0.3, 0.4) is 0 Å². The van der Waals surface area contributed by atoms with Gasteiger partial charge in [-0.2, -0.15) is 0 Å². The summed E-state index contributed by atoms with van der Waals surface area (Å²) < 4.78 is 26.6. The summed E-state index contributed by atoms with van der Waals surface area (Å²) >= 11 is 7.30. The molecular formula is C25H24ClN3O3S2. The molecule has 6 nitrogen and oxygen atoms in total. The molecular weight excluding hydrogens is 490 g/mol. The van der Waals surface area contributed by atoms with E-state index in [1.54, 1.807) is 23.4 Å². The third-order valence-corrected chi connectivity index (χ3v) is 8.44. The minimum atomic E-state index is -3.64. The number of carbonyl (C=O) groups is 1. The van der Waals surface area contributed by atoms with Gasteiger partial charge in [-0.25, -0.2) is 13.4 Å². The zero-order valence-electron chi connectivity index (χ0n) is 18.8. The van der Waals surface area contributed by atoms with E-state index in [1.807, 2.05) is 24.3 Å². The van der Waals surface area contributed by atoms with E-state index in [-0.39, 0.29) is 35.4 Å². The number of pyridine rings is 1. The largest absolute Gasteiger partial charge is 0.284 e. The van der Waals surface area contributed by atoms with Crippen LogP contribution in [-0.4, -0.2) is 30.0 Å². The zero-order valence-corrected chi connectivity index (χ0v) is 21.2. The molecule has 0 saturated heterocycles. The summed E-state index contributed by atoms with van der Waals surface area (Å²) in [5.41, 5.74) is 2.81. The Labute approximate surface area is 208 Å². The second-order valence-corrected chi connectivity index (χ2v) is 11.8. The normalized spacial score (nSPS) is 11.8. The first-order valence-electron chi connectivity index (χ1n) is 10.8. The van der Waals surface area contributed by atoms with Crippen LogP contribution >= 0.6 is 22.9 Å². The molecule has 2 aromatic heterocycles. The SMILES string of the molecule is CC(C)c1cccc2sc(N(Cc3cccnc3)C(=O)CCS(=O)(=O)c3ccc(Cl)cc3)nc12. The quantitative estimate of drug-likeness (QED) is 0.294. The second-order valence-electron chi connectivity index (χ2n) is 8.21. The Hall–Kier alpha value is -2.81. The smallest absolute Gasteiger partial charge is 0.230 e. The van der Waals surface area contributed by atoms with E-state index < -0.39 is 9.84 Å². The van der Waals surface area contributed by atoms with Crippen molar-refractivity contribution in [2.75, 3.05) is 10.7 Å². The van der Waals surface area contributed by atoms with Crippen molar-refractivity contribution in [1.29, 1.82) is 0 Å². The minimum absolute atomic E-state index is 0.144. The first kappa shape index (κ1) is 24.3. The van der Waals surface area contributed by atoms with Crippen LogP contribution in [-0.2, 0) is 21.2 Å². The Morgan fingerprint density at radius 3 is 2.53 bits per heavy atom. The van der Waals surface area contributed by atoms with Gasteiger partial charge < -0.3 is 0 Å². The lowest BCUT2D eigenvalue weighted by molar-refractivity contribution is -0.118. The van der Waals surface area contributed by atoms with Gasteiger partial charge in [0.05, 0.1) is 27.4 Å². The number of anilines is 1. The van der Waals surface area contributed by atoms with Crippen molar-refractivity contribution in [2.24, 2.45) is 0 Å². The highest BCUT2D eigenvalue weighted by Crippen LogP contribution is 2.34. The van der Waals surface area contributed by atoms with Crippen LogP contribution < -0.4 is 4.90 Å². The molecule has 0 atom stereocenters. The molecule has 34 heavy (non-hydrogen) atoms. The molecule has 0 N–H and O–H groups in total.